The summed E-state index contributed by atoms with van der Waals surface area (Å²) in [5.41, 5.74) is 10.1. The second-order valence-corrected chi connectivity index (χ2v) is 2.77. The van der Waals surface area contributed by atoms with Gasteiger partial charge in [0.25, 0.3) is 0 Å². The highest BCUT2D eigenvalue weighted by molar-refractivity contribution is 5.99. The normalized spacial score (nSPS) is 9.08. The van der Waals surface area contributed by atoms with Crippen molar-refractivity contribution in [1.82, 2.24) is 0 Å². The van der Waals surface area contributed by atoms with E-state index in [4.69, 9.17) is 5.53 Å². The van der Waals surface area contributed by atoms with Gasteiger partial charge in [-0.05, 0) is 25.4 Å². The maximum absolute atomic E-state index is 11.1. The average Bonchev–Trinajstić information content (AvgIpc) is 2.08. The van der Waals surface area contributed by atoms with Crippen molar-refractivity contribution in [2.75, 3.05) is 0 Å². The van der Waals surface area contributed by atoms with Gasteiger partial charge in [-0.25, -0.2) is 0 Å². The SMILES string of the molecule is CC(=O)c1cc(C)ccc1N=[N+]=[N-]. The highest BCUT2D eigenvalue weighted by Gasteiger charge is 2.04. The fraction of sp³-hybridized carbons (Fsp3) is 0.222. The molecule has 0 aliphatic rings. The summed E-state index contributed by atoms with van der Waals surface area (Å²) in [6.07, 6.45) is 0. The molecule has 0 saturated carbocycles. The highest BCUT2D eigenvalue weighted by Crippen LogP contribution is 2.20. The number of rotatable bonds is 2. The molecular weight excluding hydrogens is 166 g/mol. The Kier molecular flexibility index (Phi) is 2.67. The summed E-state index contributed by atoms with van der Waals surface area (Å²) < 4.78 is 0. The largest absolute Gasteiger partial charge is 0.294 e. The van der Waals surface area contributed by atoms with Crippen molar-refractivity contribution < 1.29 is 4.79 Å². The zero-order valence-electron chi connectivity index (χ0n) is 7.48. The van der Waals surface area contributed by atoms with Gasteiger partial charge in [-0.2, -0.15) is 0 Å². The molecule has 66 valence electrons. The third kappa shape index (κ3) is 2.07. The first kappa shape index (κ1) is 9.29. The molecule has 0 amide bonds. The number of benzene rings is 1. The molecule has 0 spiro atoms. The zero-order valence-corrected chi connectivity index (χ0v) is 7.48. The van der Waals surface area contributed by atoms with Gasteiger partial charge in [-0.15, -0.1) is 0 Å². The molecule has 0 fully saturated rings. The second-order valence-electron chi connectivity index (χ2n) is 2.77. The molecule has 1 aromatic rings. The number of carbonyl (C=O) groups is 1. The van der Waals surface area contributed by atoms with Gasteiger partial charge >= 0.3 is 0 Å². The molecule has 0 aliphatic carbocycles. The van der Waals surface area contributed by atoms with Crippen LogP contribution in [0.4, 0.5) is 5.69 Å². The summed E-state index contributed by atoms with van der Waals surface area (Å²) in [6.45, 7) is 3.33. The summed E-state index contributed by atoms with van der Waals surface area (Å²) in [7, 11) is 0. The molecule has 4 heteroatoms. The molecule has 0 atom stereocenters. The Hall–Kier alpha value is -1.80. The summed E-state index contributed by atoms with van der Waals surface area (Å²) in [5, 5.41) is 3.43. The van der Waals surface area contributed by atoms with Crippen molar-refractivity contribution in [2.24, 2.45) is 5.11 Å². The smallest absolute Gasteiger partial charge is 0.160 e. The Morgan fingerprint density at radius 2 is 2.23 bits per heavy atom. The van der Waals surface area contributed by atoms with Gasteiger partial charge < -0.3 is 0 Å². The summed E-state index contributed by atoms with van der Waals surface area (Å²) in [4.78, 5) is 13.8. The Bertz CT molecular complexity index is 392. The third-order valence-electron chi connectivity index (χ3n) is 1.68. The van der Waals surface area contributed by atoms with E-state index < -0.39 is 0 Å². The van der Waals surface area contributed by atoms with E-state index in [1.54, 1.807) is 18.2 Å². The van der Waals surface area contributed by atoms with Gasteiger partial charge in [0, 0.05) is 16.2 Å². The van der Waals surface area contributed by atoms with Gasteiger partial charge in [0.2, 0.25) is 0 Å². The van der Waals surface area contributed by atoms with Crippen LogP contribution in [0.3, 0.4) is 0 Å². The van der Waals surface area contributed by atoms with Crippen LogP contribution >= 0.6 is 0 Å². The molecular formula is C9H9N3O. The van der Waals surface area contributed by atoms with Gasteiger partial charge in [0.05, 0.1) is 0 Å². The van der Waals surface area contributed by atoms with E-state index in [-0.39, 0.29) is 5.78 Å². The molecule has 0 radical (unpaired) electrons. The van der Waals surface area contributed by atoms with Crippen LogP contribution in [0.15, 0.2) is 23.3 Å². The van der Waals surface area contributed by atoms with Crippen molar-refractivity contribution in [3.8, 4) is 0 Å². The molecule has 0 saturated heterocycles. The number of hydrogen-bond acceptors (Lipinski definition) is 2. The predicted octanol–water partition coefficient (Wildman–Crippen LogP) is 3.14. The third-order valence-corrected chi connectivity index (χ3v) is 1.68. The lowest BCUT2D eigenvalue weighted by Gasteiger charge is -2.01. The first-order valence-electron chi connectivity index (χ1n) is 3.82. The summed E-state index contributed by atoms with van der Waals surface area (Å²) in [5.74, 6) is -0.0916. The van der Waals surface area contributed by atoms with Crippen LogP contribution < -0.4 is 0 Å². The van der Waals surface area contributed by atoms with E-state index in [1.807, 2.05) is 6.92 Å². The second kappa shape index (κ2) is 3.74. The first-order valence-corrected chi connectivity index (χ1v) is 3.82. The molecule has 0 N–H and O–H groups in total. The lowest BCUT2D eigenvalue weighted by atomic mass is 10.1. The minimum atomic E-state index is -0.0916. The lowest BCUT2D eigenvalue weighted by molar-refractivity contribution is 0.101. The van der Waals surface area contributed by atoms with Crippen LogP contribution in [0.5, 0.6) is 0 Å². The Balaban J connectivity index is 3.34. The highest BCUT2D eigenvalue weighted by atomic mass is 16.1. The monoisotopic (exact) mass is 175 g/mol. The zero-order chi connectivity index (χ0) is 9.84. The van der Waals surface area contributed by atoms with E-state index in [9.17, 15) is 4.79 Å². The minimum absolute atomic E-state index is 0.0916. The number of carbonyl (C=O) groups excluding carboxylic acids is 1. The summed E-state index contributed by atoms with van der Waals surface area (Å²) in [6, 6.07) is 5.16. The van der Waals surface area contributed by atoms with Crippen LogP contribution in [-0.4, -0.2) is 5.78 Å². The fourth-order valence-electron chi connectivity index (χ4n) is 1.07. The van der Waals surface area contributed by atoms with E-state index in [0.717, 1.165) is 5.56 Å². The number of ketones is 1. The predicted molar refractivity (Wildman–Crippen MR) is 50.0 cm³/mol. The van der Waals surface area contributed by atoms with Crippen molar-refractivity contribution in [3.63, 3.8) is 0 Å². The average molecular weight is 175 g/mol. The standard InChI is InChI=1S/C9H9N3O/c1-6-3-4-9(11-12-10)8(5-6)7(2)13/h3-5H,1-2H3. The van der Waals surface area contributed by atoms with Crippen LogP contribution in [0.1, 0.15) is 22.8 Å². The van der Waals surface area contributed by atoms with Gasteiger partial charge in [0.15, 0.2) is 5.78 Å². The molecule has 0 bridgehead atoms. The van der Waals surface area contributed by atoms with Crippen molar-refractivity contribution in [2.45, 2.75) is 13.8 Å². The molecule has 1 rings (SSSR count). The fourth-order valence-corrected chi connectivity index (χ4v) is 1.07. The van der Waals surface area contributed by atoms with Crippen LogP contribution in [0.25, 0.3) is 10.4 Å². The van der Waals surface area contributed by atoms with Gasteiger partial charge in [-0.1, -0.05) is 22.8 Å². The van der Waals surface area contributed by atoms with Crippen LogP contribution in [0, 0.1) is 6.92 Å². The topological polar surface area (TPSA) is 65.8 Å². The van der Waals surface area contributed by atoms with Crippen LogP contribution in [0.2, 0.25) is 0 Å². The van der Waals surface area contributed by atoms with Crippen molar-refractivity contribution in [3.05, 3.63) is 39.8 Å². The van der Waals surface area contributed by atoms with E-state index in [1.165, 1.54) is 6.92 Å². The Labute approximate surface area is 75.8 Å². The molecule has 0 heterocycles. The molecule has 0 aromatic heterocycles. The lowest BCUT2D eigenvalue weighted by Crippen LogP contribution is -1.92. The first-order chi connectivity index (χ1) is 6.15. The van der Waals surface area contributed by atoms with Gasteiger partial charge in [0.1, 0.15) is 0 Å². The number of azide groups is 1. The van der Waals surface area contributed by atoms with E-state index in [0.29, 0.717) is 11.3 Å². The van der Waals surface area contributed by atoms with Crippen molar-refractivity contribution >= 4 is 11.5 Å². The number of aryl methyl sites for hydroxylation is 1. The van der Waals surface area contributed by atoms with E-state index >= 15 is 0 Å². The maximum Gasteiger partial charge on any atom is 0.160 e. The Morgan fingerprint density at radius 3 is 2.77 bits per heavy atom. The molecule has 13 heavy (non-hydrogen) atoms. The van der Waals surface area contributed by atoms with Gasteiger partial charge in [-0.3, -0.25) is 4.79 Å². The minimum Gasteiger partial charge on any atom is -0.294 e. The summed E-state index contributed by atoms with van der Waals surface area (Å²) >= 11 is 0. The number of Topliss-reactive ketones (excluding diaryl/α,β-unsaturated/α-hetero) is 1. The number of nitrogens with zero attached hydrogens (tertiary/aromatic N) is 3. The van der Waals surface area contributed by atoms with Crippen LogP contribution in [-0.2, 0) is 0 Å². The molecule has 0 aliphatic heterocycles. The van der Waals surface area contributed by atoms with Crippen molar-refractivity contribution in [1.29, 1.82) is 0 Å². The number of hydrogen-bond donors (Lipinski definition) is 0. The molecule has 0 unspecified atom stereocenters. The molecule has 1 aromatic carbocycles. The Morgan fingerprint density at radius 1 is 1.54 bits per heavy atom. The molecule has 4 nitrogen and oxygen atoms in total. The van der Waals surface area contributed by atoms with E-state index in [2.05, 4.69) is 10.0 Å². The quantitative estimate of drug-likeness (QED) is 0.294. The maximum atomic E-state index is 11.1.